The molecule has 0 unspecified atom stereocenters. The van der Waals surface area contributed by atoms with Crippen LogP contribution in [0.1, 0.15) is 5.69 Å². The highest BCUT2D eigenvalue weighted by molar-refractivity contribution is 6.37. The highest BCUT2D eigenvalue weighted by atomic mass is 35.5. The molecular weight excluding hydrogens is 414 g/mol. The van der Waals surface area contributed by atoms with Gasteiger partial charge < -0.3 is 5.32 Å². The molecule has 0 bridgehead atoms. The van der Waals surface area contributed by atoms with Crippen LogP contribution in [0.2, 0.25) is 10.0 Å². The zero-order valence-electron chi connectivity index (χ0n) is 13.7. The number of anilines is 1. The standard InChI is InChI=1S/C16H9Cl2FN6O3/c17-9-2-1-3-10(18)14(9)25-12(4-8(5-20)23-25)21-13(26)7-24-6-11(19)15(27)22-16(24)28/h1-4,6H,7H2,(H,21,26)(H,22,27,28). The van der Waals surface area contributed by atoms with Crippen LogP contribution in [0.25, 0.3) is 5.69 Å². The molecule has 28 heavy (non-hydrogen) atoms. The fraction of sp³-hybridized carbons (Fsp3) is 0.0625. The molecule has 0 aliphatic heterocycles. The average molecular weight is 423 g/mol. The van der Waals surface area contributed by atoms with Crippen LogP contribution in [-0.2, 0) is 11.3 Å². The van der Waals surface area contributed by atoms with Crippen LogP contribution in [0.5, 0.6) is 0 Å². The summed E-state index contributed by atoms with van der Waals surface area (Å²) in [6.45, 7) is -0.601. The Labute approximate surface area is 165 Å². The van der Waals surface area contributed by atoms with Gasteiger partial charge in [-0.05, 0) is 12.1 Å². The number of amides is 1. The van der Waals surface area contributed by atoms with Gasteiger partial charge in [-0.1, -0.05) is 29.3 Å². The topological polar surface area (TPSA) is 126 Å². The van der Waals surface area contributed by atoms with Crippen LogP contribution in [0.4, 0.5) is 10.2 Å². The van der Waals surface area contributed by atoms with Crippen LogP contribution >= 0.6 is 23.2 Å². The number of nitriles is 1. The molecule has 0 aliphatic rings. The van der Waals surface area contributed by atoms with E-state index in [1.54, 1.807) is 23.2 Å². The summed E-state index contributed by atoms with van der Waals surface area (Å²) >= 11 is 12.3. The number of carbonyl (C=O) groups excluding carboxylic acids is 1. The van der Waals surface area contributed by atoms with Crippen molar-refractivity contribution >= 4 is 34.9 Å². The maximum atomic E-state index is 13.3. The van der Waals surface area contributed by atoms with Gasteiger partial charge in [0.2, 0.25) is 11.7 Å². The first kappa shape index (κ1) is 19.3. The number of aromatic amines is 1. The number of H-pyrrole nitrogens is 1. The van der Waals surface area contributed by atoms with Gasteiger partial charge in [0.05, 0.1) is 16.2 Å². The molecule has 3 aromatic rings. The van der Waals surface area contributed by atoms with Gasteiger partial charge in [-0.2, -0.15) is 14.8 Å². The first-order valence-electron chi connectivity index (χ1n) is 7.54. The molecule has 2 heterocycles. The average Bonchev–Trinajstić information content (AvgIpc) is 3.02. The molecule has 0 saturated carbocycles. The van der Waals surface area contributed by atoms with E-state index in [2.05, 4.69) is 10.4 Å². The Balaban J connectivity index is 1.95. The number of nitrogens with one attached hydrogen (secondary N) is 2. The monoisotopic (exact) mass is 422 g/mol. The third kappa shape index (κ3) is 3.80. The Bertz CT molecular complexity index is 1220. The number of nitrogens with zero attached hydrogens (tertiary/aromatic N) is 4. The number of carbonyl (C=O) groups is 1. The number of aromatic nitrogens is 4. The fourth-order valence-electron chi connectivity index (χ4n) is 2.32. The minimum absolute atomic E-state index is 0.0291. The second kappa shape index (κ2) is 7.67. The number of para-hydroxylation sites is 1. The molecule has 0 fully saturated rings. The van der Waals surface area contributed by atoms with E-state index in [1.807, 2.05) is 6.07 Å². The van der Waals surface area contributed by atoms with Crippen molar-refractivity contribution < 1.29 is 9.18 Å². The summed E-state index contributed by atoms with van der Waals surface area (Å²) in [6.07, 6.45) is 0.615. The molecule has 0 saturated heterocycles. The molecule has 142 valence electrons. The minimum Gasteiger partial charge on any atom is -0.309 e. The zero-order chi connectivity index (χ0) is 20.4. The van der Waals surface area contributed by atoms with E-state index in [0.717, 1.165) is 4.68 Å². The van der Waals surface area contributed by atoms with Gasteiger partial charge in [-0.3, -0.25) is 19.1 Å². The van der Waals surface area contributed by atoms with Crippen molar-refractivity contribution in [1.29, 1.82) is 5.26 Å². The third-order valence-electron chi connectivity index (χ3n) is 3.52. The van der Waals surface area contributed by atoms with Gasteiger partial charge in [0.1, 0.15) is 24.1 Å². The molecule has 1 aromatic carbocycles. The lowest BCUT2D eigenvalue weighted by molar-refractivity contribution is -0.116. The smallest absolute Gasteiger partial charge is 0.309 e. The summed E-state index contributed by atoms with van der Waals surface area (Å²) in [6, 6.07) is 7.80. The Kier molecular flexibility index (Phi) is 5.30. The first-order valence-corrected chi connectivity index (χ1v) is 8.29. The van der Waals surface area contributed by atoms with Crippen molar-refractivity contribution in [3.63, 3.8) is 0 Å². The van der Waals surface area contributed by atoms with Crippen molar-refractivity contribution in [3.05, 3.63) is 72.9 Å². The normalized spacial score (nSPS) is 10.5. The maximum absolute atomic E-state index is 13.3. The highest BCUT2D eigenvalue weighted by Crippen LogP contribution is 2.30. The molecule has 9 nitrogen and oxygen atoms in total. The number of benzene rings is 1. The van der Waals surface area contributed by atoms with E-state index in [9.17, 15) is 18.8 Å². The maximum Gasteiger partial charge on any atom is 0.328 e. The number of hydrogen-bond donors (Lipinski definition) is 2. The predicted octanol–water partition coefficient (Wildman–Crippen LogP) is 1.68. The predicted molar refractivity (Wildman–Crippen MR) is 98.2 cm³/mol. The largest absolute Gasteiger partial charge is 0.328 e. The molecule has 0 atom stereocenters. The zero-order valence-corrected chi connectivity index (χ0v) is 15.3. The van der Waals surface area contributed by atoms with E-state index < -0.39 is 29.5 Å². The molecule has 3 rings (SSSR count). The van der Waals surface area contributed by atoms with E-state index in [-0.39, 0.29) is 27.2 Å². The molecular formula is C16H9Cl2FN6O3. The van der Waals surface area contributed by atoms with Crippen molar-refractivity contribution in [2.24, 2.45) is 0 Å². The SMILES string of the molecule is N#Cc1cc(NC(=O)Cn2cc(F)c(=O)[nH]c2=O)n(-c2c(Cl)cccc2Cl)n1. The van der Waals surface area contributed by atoms with Crippen LogP contribution in [0.15, 0.2) is 40.1 Å². The Morgan fingerprint density at radius 1 is 1.32 bits per heavy atom. The summed E-state index contributed by atoms with van der Waals surface area (Å²) in [7, 11) is 0. The number of rotatable bonds is 4. The van der Waals surface area contributed by atoms with Gasteiger partial charge in [-0.15, -0.1) is 0 Å². The van der Waals surface area contributed by atoms with Crippen LogP contribution in [0, 0.1) is 17.1 Å². The fourth-order valence-corrected chi connectivity index (χ4v) is 2.88. The molecule has 0 spiro atoms. The van der Waals surface area contributed by atoms with Gasteiger partial charge in [0, 0.05) is 6.07 Å². The molecule has 2 N–H and O–H groups in total. The lowest BCUT2D eigenvalue weighted by atomic mass is 10.3. The Hall–Kier alpha value is -3.42. The van der Waals surface area contributed by atoms with E-state index in [4.69, 9.17) is 28.5 Å². The molecule has 0 aliphatic carbocycles. The van der Waals surface area contributed by atoms with Crippen molar-refractivity contribution in [2.45, 2.75) is 6.54 Å². The van der Waals surface area contributed by atoms with E-state index in [1.165, 1.54) is 6.07 Å². The number of hydrogen-bond acceptors (Lipinski definition) is 5. The molecule has 2 aromatic heterocycles. The van der Waals surface area contributed by atoms with E-state index in [0.29, 0.717) is 10.8 Å². The second-order valence-electron chi connectivity index (χ2n) is 5.42. The molecule has 12 heteroatoms. The van der Waals surface area contributed by atoms with Crippen LogP contribution < -0.4 is 16.6 Å². The van der Waals surface area contributed by atoms with E-state index >= 15 is 0 Å². The van der Waals surface area contributed by atoms with Gasteiger partial charge in [-0.25, -0.2) is 9.48 Å². The summed E-state index contributed by atoms with van der Waals surface area (Å²) < 4.78 is 15.2. The minimum atomic E-state index is -1.22. The van der Waals surface area contributed by atoms with Gasteiger partial charge in [0.15, 0.2) is 5.69 Å². The molecule has 1 amide bonds. The second-order valence-corrected chi connectivity index (χ2v) is 6.24. The van der Waals surface area contributed by atoms with Gasteiger partial charge in [0.25, 0.3) is 5.56 Å². The Morgan fingerprint density at radius 3 is 2.64 bits per heavy atom. The number of halogens is 3. The van der Waals surface area contributed by atoms with Gasteiger partial charge >= 0.3 is 5.69 Å². The van der Waals surface area contributed by atoms with Crippen LogP contribution in [0.3, 0.4) is 0 Å². The van der Waals surface area contributed by atoms with Crippen molar-refractivity contribution in [3.8, 4) is 11.8 Å². The first-order chi connectivity index (χ1) is 13.3. The van der Waals surface area contributed by atoms with Crippen molar-refractivity contribution in [1.82, 2.24) is 19.3 Å². The lowest BCUT2D eigenvalue weighted by Crippen LogP contribution is -2.34. The summed E-state index contributed by atoms with van der Waals surface area (Å²) in [5.74, 6) is -1.91. The summed E-state index contributed by atoms with van der Waals surface area (Å²) in [5.41, 5.74) is -1.94. The Morgan fingerprint density at radius 2 is 2.00 bits per heavy atom. The summed E-state index contributed by atoms with van der Waals surface area (Å²) in [4.78, 5) is 36.8. The lowest BCUT2D eigenvalue weighted by Gasteiger charge is -2.12. The molecule has 0 radical (unpaired) electrons. The third-order valence-corrected chi connectivity index (χ3v) is 4.13. The summed E-state index contributed by atoms with van der Waals surface area (Å²) in [5, 5.41) is 16.0. The highest BCUT2D eigenvalue weighted by Gasteiger charge is 2.17. The van der Waals surface area contributed by atoms with Crippen molar-refractivity contribution in [2.75, 3.05) is 5.32 Å². The van der Waals surface area contributed by atoms with Crippen LogP contribution in [-0.4, -0.2) is 25.2 Å². The quantitative estimate of drug-likeness (QED) is 0.661.